The molecule has 2 heterocycles. The van der Waals surface area contributed by atoms with Crippen LogP contribution in [0.5, 0.6) is 0 Å². The summed E-state index contributed by atoms with van der Waals surface area (Å²) < 4.78 is 1.12. The lowest BCUT2D eigenvalue weighted by molar-refractivity contribution is 0.108. The molecular weight excluding hydrogens is 493 g/mol. The van der Waals surface area contributed by atoms with Crippen molar-refractivity contribution in [1.29, 1.82) is 0 Å². The normalized spacial score (nSPS) is 24.0. The van der Waals surface area contributed by atoms with E-state index in [-0.39, 0.29) is 23.4 Å². The van der Waals surface area contributed by atoms with Crippen molar-refractivity contribution in [3.63, 3.8) is 0 Å². The highest BCUT2D eigenvalue weighted by Gasteiger charge is 2.34. The van der Waals surface area contributed by atoms with E-state index in [1.165, 1.54) is 0 Å². The summed E-state index contributed by atoms with van der Waals surface area (Å²) >= 11 is 18.9. The number of pyridine rings is 1. The van der Waals surface area contributed by atoms with Gasteiger partial charge in [-0.15, -0.1) is 0 Å². The number of hydrazone groups is 1. The molecule has 1 fully saturated rings. The SMILES string of the molecule is CC1CCCC(C)N1N=C1CC(c2ccc(Cl)cc2Cl)Cc2c1c(=O)c1cc(Cl)ccc1n2O. The van der Waals surface area contributed by atoms with Crippen LogP contribution in [0.3, 0.4) is 0 Å². The third-order valence-corrected chi connectivity index (χ3v) is 7.95. The first kappa shape index (κ1) is 23.5. The molecule has 34 heavy (non-hydrogen) atoms. The summed E-state index contributed by atoms with van der Waals surface area (Å²) in [6, 6.07) is 11.0. The Balaban J connectivity index is 1.74. The monoisotopic (exact) mass is 517 g/mol. The molecule has 1 N–H and O–H groups in total. The zero-order valence-electron chi connectivity index (χ0n) is 19.1. The van der Waals surface area contributed by atoms with Crippen LogP contribution in [0, 0.1) is 0 Å². The molecule has 0 radical (unpaired) electrons. The summed E-state index contributed by atoms with van der Waals surface area (Å²) in [6.45, 7) is 4.34. The van der Waals surface area contributed by atoms with Crippen LogP contribution < -0.4 is 5.43 Å². The fourth-order valence-electron chi connectivity index (χ4n) is 5.41. The van der Waals surface area contributed by atoms with Crippen molar-refractivity contribution >= 4 is 51.4 Å². The van der Waals surface area contributed by atoms with Gasteiger partial charge in [0.2, 0.25) is 0 Å². The van der Waals surface area contributed by atoms with Crippen molar-refractivity contribution in [3.8, 4) is 0 Å². The number of hydrogen-bond donors (Lipinski definition) is 1. The molecule has 1 saturated heterocycles. The Labute approximate surface area is 213 Å². The summed E-state index contributed by atoms with van der Waals surface area (Å²) in [4.78, 5) is 13.7. The Morgan fingerprint density at radius 3 is 2.35 bits per heavy atom. The van der Waals surface area contributed by atoms with Crippen LogP contribution in [0.15, 0.2) is 46.3 Å². The number of aromatic nitrogens is 1. The van der Waals surface area contributed by atoms with Gasteiger partial charge >= 0.3 is 0 Å². The predicted molar refractivity (Wildman–Crippen MR) is 139 cm³/mol. The maximum Gasteiger partial charge on any atom is 0.199 e. The molecule has 3 unspecified atom stereocenters. The zero-order valence-corrected chi connectivity index (χ0v) is 21.3. The van der Waals surface area contributed by atoms with E-state index in [1.807, 2.05) is 12.1 Å². The van der Waals surface area contributed by atoms with E-state index in [2.05, 4.69) is 18.9 Å². The second kappa shape index (κ2) is 9.10. The van der Waals surface area contributed by atoms with Crippen LogP contribution in [0.4, 0.5) is 0 Å². The average Bonchev–Trinajstić information content (AvgIpc) is 2.79. The fraction of sp³-hybridized carbons (Fsp3) is 0.385. The van der Waals surface area contributed by atoms with Crippen LogP contribution in [0.2, 0.25) is 15.1 Å². The molecule has 5 nitrogen and oxygen atoms in total. The highest BCUT2D eigenvalue weighted by atomic mass is 35.5. The fourth-order valence-corrected chi connectivity index (χ4v) is 6.14. The second-order valence-electron chi connectivity index (χ2n) is 9.45. The summed E-state index contributed by atoms with van der Waals surface area (Å²) in [5.74, 6) is -0.0611. The smallest absolute Gasteiger partial charge is 0.199 e. The van der Waals surface area contributed by atoms with Crippen molar-refractivity contribution in [1.82, 2.24) is 9.74 Å². The Morgan fingerprint density at radius 2 is 1.65 bits per heavy atom. The molecule has 0 amide bonds. The molecule has 2 aromatic carbocycles. The molecule has 0 saturated carbocycles. The van der Waals surface area contributed by atoms with E-state index in [0.717, 1.165) is 29.6 Å². The third kappa shape index (κ3) is 4.08. The average molecular weight is 519 g/mol. The molecule has 1 aliphatic carbocycles. The molecule has 1 aromatic heterocycles. The number of hydrogen-bond acceptors (Lipinski definition) is 4. The summed E-state index contributed by atoms with van der Waals surface area (Å²) in [5, 5.41) is 20.4. The summed E-state index contributed by atoms with van der Waals surface area (Å²) in [5.41, 5.74) is 2.87. The lowest BCUT2D eigenvalue weighted by Gasteiger charge is -2.38. The molecule has 5 rings (SSSR count). The van der Waals surface area contributed by atoms with Gasteiger partial charge in [-0.1, -0.05) is 40.9 Å². The van der Waals surface area contributed by atoms with Crippen molar-refractivity contribution < 1.29 is 5.21 Å². The Bertz CT molecular complexity index is 1360. The van der Waals surface area contributed by atoms with Crippen LogP contribution in [0.25, 0.3) is 10.9 Å². The molecule has 2 aliphatic rings. The van der Waals surface area contributed by atoms with Crippen molar-refractivity contribution in [2.24, 2.45) is 5.10 Å². The standard InChI is InChI=1S/C26H26Cl3N3O2/c1-14-4-3-5-15(2)31(14)30-22-10-16(19-8-6-18(28)13-21(19)29)11-24-25(22)26(33)20-12-17(27)7-9-23(20)32(24)34/h6-9,12-16,34H,3-5,10-11H2,1-2H3. The van der Waals surface area contributed by atoms with Gasteiger partial charge in [0, 0.05) is 27.2 Å². The maximum atomic E-state index is 13.7. The van der Waals surface area contributed by atoms with E-state index in [0.29, 0.717) is 55.8 Å². The summed E-state index contributed by atoms with van der Waals surface area (Å²) in [7, 11) is 0. The minimum Gasteiger partial charge on any atom is -0.428 e. The van der Waals surface area contributed by atoms with Crippen molar-refractivity contribution in [2.45, 2.75) is 64.0 Å². The molecule has 8 heteroatoms. The minimum atomic E-state index is -0.158. The van der Waals surface area contributed by atoms with Gasteiger partial charge in [0.05, 0.1) is 27.9 Å². The molecule has 178 valence electrons. The lowest BCUT2D eigenvalue weighted by Crippen LogP contribution is -2.42. The highest BCUT2D eigenvalue weighted by Crippen LogP contribution is 2.38. The number of rotatable bonds is 2. The molecule has 0 spiro atoms. The quantitative estimate of drug-likeness (QED) is 0.376. The number of piperidine rings is 1. The summed E-state index contributed by atoms with van der Waals surface area (Å²) in [6.07, 6.45) is 4.25. The van der Waals surface area contributed by atoms with Gasteiger partial charge in [0.1, 0.15) is 0 Å². The predicted octanol–water partition coefficient (Wildman–Crippen LogP) is 6.90. The van der Waals surface area contributed by atoms with Gasteiger partial charge in [-0.25, -0.2) is 0 Å². The van der Waals surface area contributed by atoms with Gasteiger partial charge in [-0.2, -0.15) is 9.83 Å². The zero-order chi connectivity index (χ0) is 24.1. The van der Waals surface area contributed by atoms with Gasteiger partial charge in [-0.05, 0) is 87.8 Å². The number of halogens is 3. The minimum absolute atomic E-state index is 0.0611. The van der Waals surface area contributed by atoms with E-state index < -0.39 is 0 Å². The van der Waals surface area contributed by atoms with E-state index in [1.54, 1.807) is 24.3 Å². The molecular formula is C26H26Cl3N3O2. The van der Waals surface area contributed by atoms with Crippen LogP contribution >= 0.6 is 34.8 Å². The molecule has 1 aliphatic heterocycles. The highest BCUT2D eigenvalue weighted by molar-refractivity contribution is 6.35. The molecule has 3 aromatic rings. The number of benzene rings is 2. The first-order valence-electron chi connectivity index (χ1n) is 11.6. The topological polar surface area (TPSA) is 57.8 Å². The second-order valence-corrected chi connectivity index (χ2v) is 10.7. The lowest BCUT2D eigenvalue weighted by atomic mass is 9.80. The number of nitrogens with zero attached hydrogens (tertiary/aromatic N) is 3. The Morgan fingerprint density at radius 1 is 0.971 bits per heavy atom. The van der Waals surface area contributed by atoms with Gasteiger partial charge < -0.3 is 5.21 Å². The van der Waals surface area contributed by atoms with Crippen LogP contribution in [-0.4, -0.2) is 32.7 Å². The van der Waals surface area contributed by atoms with Crippen molar-refractivity contribution in [3.05, 3.63) is 78.5 Å². The maximum absolute atomic E-state index is 13.7. The molecule has 0 bridgehead atoms. The number of fused-ring (bicyclic) bond motifs is 2. The first-order valence-corrected chi connectivity index (χ1v) is 12.8. The van der Waals surface area contributed by atoms with Gasteiger partial charge in [-0.3, -0.25) is 9.80 Å². The van der Waals surface area contributed by atoms with E-state index in [4.69, 9.17) is 39.9 Å². The van der Waals surface area contributed by atoms with Gasteiger partial charge in [0.25, 0.3) is 0 Å². The van der Waals surface area contributed by atoms with Gasteiger partial charge in [0.15, 0.2) is 5.43 Å². The first-order chi connectivity index (χ1) is 16.2. The van der Waals surface area contributed by atoms with E-state index in [9.17, 15) is 10.0 Å². The van der Waals surface area contributed by atoms with Crippen molar-refractivity contribution in [2.75, 3.05) is 0 Å². The third-order valence-electron chi connectivity index (χ3n) is 7.16. The van der Waals surface area contributed by atoms with E-state index >= 15 is 0 Å². The Kier molecular flexibility index (Phi) is 6.30. The van der Waals surface area contributed by atoms with Crippen LogP contribution in [-0.2, 0) is 6.42 Å². The molecule has 3 atom stereocenters. The largest absolute Gasteiger partial charge is 0.428 e. The van der Waals surface area contributed by atoms with Crippen LogP contribution in [0.1, 0.15) is 62.3 Å². The Hall–Kier alpha value is -2.21.